The van der Waals surface area contributed by atoms with Crippen LogP contribution >= 0.6 is 0 Å². The maximum atomic E-state index is 13.3. The van der Waals surface area contributed by atoms with Crippen LogP contribution in [0, 0.1) is 5.82 Å². The third kappa shape index (κ3) is 5.38. The Morgan fingerprint density at radius 2 is 1.70 bits per heavy atom. The van der Waals surface area contributed by atoms with Gasteiger partial charge < -0.3 is 10.1 Å². The highest BCUT2D eigenvalue weighted by Gasteiger charge is 2.30. The predicted octanol–water partition coefficient (Wildman–Crippen LogP) is 5.86. The van der Waals surface area contributed by atoms with E-state index >= 15 is 0 Å². The third-order valence-electron chi connectivity index (χ3n) is 4.67. The first-order valence-corrected chi connectivity index (χ1v) is 9.80. The number of hydrogen-bond donors (Lipinski definition) is 1. The number of hydrogen-bond acceptors (Lipinski definition) is 3. The molecule has 0 fully saturated rings. The zero-order chi connectivity index (χ0) is 23.4. The van der Waals surface area contributed by atoms with E-state index in [4.69, 9.17) is 4.74 Å². The lowest BCUT2D eigenvalue weighted by molar-refractivity contribution is -0.137. The molecule has 0 aliphatic rings. The summed E-state index contributed by atoms with van der Waals surface area (Å²) in [7, 11) is 0. The summed E-state index contributed by atoms with van der Waals surface area (Å²) < 4.78 is 59.4. The van der Waals surface area contributed by atoms with Gasteiger partial charge in [0.2, 0.25) is 0 Å². The summed E-state index contributed by atoms with van der Waals surface area (Å²) in [4.78, 5) is 12.9. The van der Waals surface area contributed by atoms with E-state index in [0.717, 1.165) is 17.7 Å². The normalized spacial score (nSPS) is 11.3. The van der Waals surface area contributed by atoms with Crippen molar-refractivity contribution in [2.45, 2.75) is 12.8 Å². The molecule has 0 radical (unpaired) electrons. The second kappa shape index (κ2) is 9.15. The van der Waals surface area contributed by atoms with Crippen LogP contribution in [-0.2, 0) is 12.8 Å². The fourth-order valence-corrected chi connectivity index (χ4v) is 3.05. The largest absolute Gasteiger partial charge is 0.485 e. The molecule has 1 N–H and O–H groups in total. The Kier molecular flexibility index (Phi) is 6.12. The number of anilines is 1. The SMILES string of the molecule is O=C(Nc1cccc(C(F)(F)F)c1)c1nn(-c2ccc(F)cc2)cc1OCc1ccccc1. The molecule has 9 heteroatoms. The Hall–Kier alpha value is -4.14. The van der Waals surface area contributed by atoms with Crippen LogP contribution < -0.4 is 10.1 Å². The van der Waals surface area contributed by atoms with Gasteiger partial charge >= 0.3 is 6.18 Å². The van der Waals surface area contributed by atoms with Gasteiger partial charge in [-0.3, -0.25) is 4.79 Å². The van der Waals surface area contributed by atoms with Crippen molar-refractivity contribution in [3.05, 3.63) is 108 Å². The number of carbonyl (C=O) groups is 1. The fourth-order valence-electron chi connectivity index (χ4n) is 3.05. The third-order valence-corrected chi connectivity index (χ3v) is 4.67. The lowest BCUT2D eigenvalue weighted by Gasteiger charge is -2.10. The maximum Gasteiger partial charge on any atom is 0.416 e. The van der Waals surface area contributed by atoms with E-state index in [2.05, 4.69) is 10.4 Å². The summed E-state index contributed by atoms with van der Waals surface area (Å²) in [5.41, 5.74) is 0.251. The number of carbonyl (C=O) groups excluding carboxylic acids is 1. The minimum atomic E-state index is -4.55. The topological polar surface area (TPSA) is 56.2 Å². The van der Waals surface area contributed by atoms with Gasteiger partial charge in [0.05, 0.1) is 17.4 Å². The molecule has 0 aliphatic carbocycles. The first kappa shape index (κ1) is 22.1. The van der Waals surface area contributed by atoms with Gasteiger partial charge in [0, 0.05) is 5.69 Å². The van der Waals surface area contributed by atoms with Crippen LogP contribution in [0.1, 0.15) is 21.6 Å². The zero-order valence-electron chi connectivity index (χ0n) is 17.0. The Labute approximate surface area is 186 Å². The Bertz CT molecular complexity index is 1250. The average Bonchev–Trinajstić information content (AvgIpc) is 3.23. The van der Waals surface area contributed by atoms with Crippen LogP contribution in [0.4, 0.5) is 23.2 Å². The highest BCUT2D eigenvalue weighted by atomic mass is 19.4. The minimum absolute atomic E-state index is 0.0415. The Balaban J connectivity index is 1.63. The molecule has 168 valence electrons. The second-order valence-corrected chi connectivity index (χ2v) is 7.07. The van der Waals surface area contributed by atoms with Crippen molar-refractivity contribution in [3.63, 3.8) is 0 Å². The fraction of sp³-hybridized carbons (Fsp3) is 0.0833. The molecule has 0 saturated carbocycles. The molecule has 4 aromatic rings. The molecule has 1 heterocycles. The quantitative estimate of drug-likeness (QED) is 0.371. The van der Waals surface area contributed by atoms with Gasteiger partial charge in [0.15, 0.2) is 11.4 Å². The maximum absolute atomic E-state index is 13.3. The van der Waals surface area contributed by atoms with Gasteiger partial charge in [-0.2, -0.15) is 18.3 Å². The van der Waals surface area contributed by atoms with Crippen LogP contribution in [0.5, 0.6) is 5.75 Å². The molecular formula is C24H17F4N3O2. The molecule has 33 heavy (non-hydrogen) atoms. The van der Waals surface area contributed by atoms with Gasteiger partial charge in [-0.1, -0.05) is 36.4 Å². The number of nitrogens with one attached hydrogen (secondary N) is 1. The van der Waals surface area contributed by atoms with Crippen molar-refractivity contribution in [1.82, 2.24) is 9.78 Å². The molecule has 0 spiro atoms. The van der Waals surface area contributed by atoms with Crippen LogP contribution in [-0.4, -0.2) is 15.7 Å². The molecule has 4 rings (SSSR count). The Morgan fingerprint density at radius 3 is 2.39 bits per heavy atom. The first-order chi connectivity index (χ1) is 15.8. The number of nitrogens with zero attached hydrogens (tertiary/aromatic N) is 2. The molecular weight excluding hydrogens is 438 g/mol. The molecule has 0 saturated heterocycles. The molecule has 3 aromatic carbocycles. The van der Waals surface area contributed by atoms with E-state index in [1.54, 1.807) is 0 Å². The Morgan fingerprint density at radius 1 is 0.970 bits per heavy atom. The molecule has 0 aliphatic heterocycles. The highest BCUT2D eigenvalue weighted by Crippen LogP contribution is 2.31. The summed E-state index contributed by atoms with van der Waals surface area (Å²) in [6.45, 7) is 0.139. The summed E-state index contributed by atoms with van der Waals surface area (Å²) in [6.07, 6.45) is -3.09. The number of amides is 1. The number of alkyl halides is 3. The predicted molar refractivity (Wildman–Crippen MR) is 114 cm³/mol. The lowest BCUT2D eigenvalue weighted by Crippen LogP contribution is -2.15. The van der Waals surface area contributed by atoms with E-state index < -0.39 is 23.5 Å². The van der Waals surface area contributed by atoms with Crippen LogP contribution in [0.25, 0.3) is 5.69 Å². The van der Waals surface area contributed by atoms with Gasteiger partial charge in [-0.05, 0) is 48.0 Å². The van der Waals surface area contributed by atoms with Crippen molar-refractivity contribution >= 4 is 11.6 Å². The van der Waals surface area contributed by atoms with E-state index in [1.807, 2.05) is 30.3 Å². The number of ether oxygens (including phenoxy) is 1. The van der Waals surface area contributed by atoms with E-state index in [9.17, 15) is 22.4 Å². The van der Waals surface area contributed by atoms with Gasteiger partial charge in [-0.25, -0.2) is 9.07 Å². The van der Waals surface area contributed by atoms with Gasteiger partial charge in [0.1, 0.15) is 12.4 Å². The smallest absolute Gasteiger partial charge is 0.416 e. The van der Waals surface area contributed by atoms with Gasteiger partial charge in [-0.15, -0.1) is 0 Å². The molecule has 1 aromatic heterocycles. The summed E-state index contributed by atoms with van der Waals surface area (Å²) >= 11 is 0. The van der Waals surface area contributed by atoms with Crippen LogP contribution in [0.3, 0.4) is 0 Å². The van der Waals surface area contributed by atoms with Crippen LogP contribution in [0.15, 0.2) is 85.1 Å². The van der Waals surface area contributed by atoms with E-state index in [-0.39, 0.29) is 23.7 Å². The van der Waals surface area contributed by atoms with Crippen molar-refractivity contribution in [2.75, 3.05) is 5.32 Å². The number of benzene rings is 3. The first-order valence-electron chi connectivity index (χ1n) is 9.80. The van der Waals surface area contributed by atoms with Crippen molar-refractivity contribution < 1.29 is 27.1 Å². The lowest BCUT2D eigenvalue weighted by atomic mass is 10.2. The number of rotatable bonds is 6. The average molecular weight is 455 g/mol. The minimum Gasteiger partial charge on any atom is -0.485 e. The summed E-state index contributed by atoms with van der Waals surface area (Å²) in [6, 6.07) is 18.9. The second-order valence-electron chi connectivity index (χ2n) is 7.07. The van der Waals surface area contributed by atoms with Crippen LogP contribution in [0.2, 0.25) is 0 Å². The van der Waals surface area contributed by atoms with Crippen molar-refractivity contribution in [2.24, 2.45) is 0 Å². The molecule has 0 atom stereocenters. The molecule has 1 amide bonds. The number of halogens is 4. The molecule has 0 bridgehead atoms. The molecule has 0 unspecified atom stereocenters. The van der Waals surface area contributed by atoms with Crippen molar-refractivity contribution in [3.8, 4) is 11.4 Å². The monoisotopic (exact) mass is 455 g/mol. The number of aromatic nitrogens is 2. The summed E-state index contributed by atoms with van der Waals surface area (Å²) in [5, 5.41) is 6.65. The van der Waals surface area contributed by atoms with Crippen molar-refractivity contribution in [1.29, 1.82) is 0 Å². The standard InChI is InChI=1S/C24H17F4N3O2/c25-18-9-11-20(12-10-18)31-14-21(33-15-16-5-2-1-3-6-16)22(30-31)23(32)29-19-8-4-7-17(13-19)24(26,27)28/h1-14H,15H2,(H,29,32). The van der Waals surface area contributed by atoms with E-state index in [0.29, 0.717) is 5.69 Å². The zero-order valence-corrected chi connectivity index (χ0v) is 17.0. The highest BCUT2D eigenvalue weighted by molar-refractivity contribution is 6.04. The van der Waals surface area contributed by atoms with Gasteiger partial charge in [0.25, 0.3) is 5.91 Å². The molecule has 5 nitrogen and oxygen atoms in total. The summed E-state index contributed by atoms with van der Waals surface area (Å²) in [5.74, 6) is -1.07. The van der Waals surface area contributed by atoms with E-state index in [1.165, 1.54) is 47.3 Å².